The van der Waals surface area contributed by atoms with Gasteiger partial charge in [-0.05, 0) is 64.0 Å². The first-order valence-corrected chi connectivity index (χ1v) is 11.6. The van der Waals surface area contributed by atoms with Crippen LogP contribution in [0.25, 0.3) is 12.2 Å². The molecule has 2 aromatic carbocycles. The lowest BCUT2D eigenvalue weighted by Crippen LogP contribution is -2.25. The molecule has 174 valence electrons. The molecule has 32 heavy (non-hydrogen) atoms. The highest BCUT2D eigenvalue weighted by Crippen LogP contribution is 2.48. The van der Waals surface area contributed by atoms with Crippen LogP contribution in [0, 0.1) is 19.8 Å². The van der Waals surface area contributed by atoms with Crippen molar-refractivity contribution in [2.75, 3.05) is 0 Å². The van der Waals surface area contributed by atoms with Gasteiger partial charge >= 0.3 is 0 Å². The SMILES string of the molecule is C=Cc1c(O)c(C)cc(C(c2cc(C)c(O)c(C=C)c2C(C)(C)C)C(C)C)c1C(C)(C)C. The van der Waals surface area contributed by atoms with E-state index in [1.165, 1.54) is 11.1 Å². The molecule has 0 saturated carbocycles. The van der Waals surface area contributed by atoms with Crippen LogP contribution in [0.15, 0.2) is 25.3 Å². The van der Waals surface area contributed by atoms with Crippen LogP contribution in [0.4, 0.5) is 0 Å². The maximum atomic E-state index is 10.9. The molecule has 0 bridgehead atoms. The van der Waals surface area contributed by atoms with Gasteiger partial charge in [0.2, 0.25) is 0 Å². The minimum Gasteiger partial charge on any atom is -0.507 e. The molecule has 0 saturated heterocycles. The first-order valence-electron chi connectivity index (χ1n) is 11.6. The van der Waals surface area contributed by atoms with E-state index in [0.29, 0.717) is 17.4 Å². The zero-order chi connectivity index (χ0) is 24.8. The Kier molecular flexibility index (Phi) is 7.10. The van der Waals surface area contributed by atoms with Gasteiger partial charge in [-0.1, -0.05) is 92.8 Å². The van der Waals surface area contributed by atoms with E-state index in [0.717, 1.165) is 33.4 Å². The molecule has 0 aliphatic carbocycles. The van der Waals surface area contributed by atoms with Crippen molar-refractivity contribution < 1.29 is 10.2 Å². The van der Waals surface area contributed by atoms with Crippen LogP contribution in [-0.2, 0) is 10.8 Å². The lowest BCUT2D eigenvalue weighted by atomic mass is 9.68. The summed E-state index contributed by atoms with van der Waals surface area (Å²) in [7, 11) is 0. The summed E-state index contributed by atoms with van der Waals surface area (Å²) in [6.45, 7) is 29.6. The second-order valence-electron chi connectivity index (χ2n) is 11.5. The van der Waals surface area contributed by atoms with Crippen molar-refractivity contribution in [2.45, 2.75) is 86.0 Å². The summed E-state index contributed by atoms with van der Waals surface area (Å²) in [4.78, 5) is 0. The lowest BCUT2D eigenvalue weighted by molar-refractivity contribution is 0.456. The Morgan fingerprint density at radius 2 is 1.03 bits per heavy atom. The molecule has 0 aliphatic rings. The average Bonchev–Trinajstić information content (AvgIpc) is 2.64. The molecule has 0 heterocycles. The van der Waals surface area contributed by atoms with Crippen molar-refractivity contribution in [3.63, 3.8) is 0 Å². The number of hydrogen-bond acceptors (Lipinski definition) is 2. The topological polar surface area (TPSA) is 40.5 Å². The van der Waals surface area contributed by atoms with Gasteiger partial charge in [0.05, 0.1) is 0 Å². The largest absolute Gasteiger partial charge is 0.507 e. The maximum absolute atomic E-state index is 10.9. The monoisotopic (exact) mass is 434 g/mol. The fourth-order valence-electron chi connectivity index (χ4n) is 5.17. The number of benzene rings is 2. The third-order valence-electron chi connectivity index (χ3n) is 6.36. The second-order valence-corrected chi connectivity index (χ2v) is 11.5. The third kappa shape index (κ3) is 4.51. The third-order valence-corrected chi connectivity index (χ3v) is 6.36. The van der Waals surface area contributed by atoms with Crippen LogP contribution >= 0.6 is 0 Å². The van der Waals surface area contributed by atoms with Crippen molar-refractivity contribution in [2.24, 2.45) is 5.92 Å². The van der Waals surface area contributed by atoms with Crippen molar-refractivity contribution in [3.05, 3.63) is 69.8 Å². The lowest BCUT2D eigenvalue weighted by Gasteiger charge is -2.36. The molecule has 2 rings (SSSR count). The summed E-state index contributed by atoms with van der Waals surface area (Å²) in [6.07, 6.45) is 3.57. The zero-order valence-electron chi connectivity index (χ0n) is 21.8. The van der Waals surface area contributed by atoms with E-state index >= 15 is 0 Å². The fraction of sp³-hybridized carbons (Fsp3) is 0.467. The Morgan fingerprint density at radius 3 is 1.25 bits per heavy atom. The summed E-state index contributed by atoms with van der Waals surface area (Å²) in [5.74, 6) is 0.983. The van der Waals surface area contributed by atoms with Gasteiger partial charge in [-0.15, -0.1) is 0 Å². The van der Waals surface area contributed by atoms with Gasteiger partial charge in [0.25, 0.3) is 0 Å². The van der Waals surface area contributed by atoms with Gasteiger partial charge in [-0.25, -0.2) is 0 Å². The number of phenols is 2. The molecule has 0 unspecified atom stereocenters. The van der Waals surface area contributed by atoms with E-state index in [1.54, 1.807) is 12.2 Å². The molecule has 0 radical (unpaired) electrons. The van der Waals surface area contributed by atoms with Crippen LogP contribution in [0.5, 0.6) is 11.5 Å². The van der Waals surface area contributed by atoms with E-state index in [4.69, 9.17) is 0 Å². The van der Waals surface area contributed by atoms with Gasteiger partial charge in [0.1, 0.15) is 11.5 Å². The molecule has 0 atom stereocenters. The first kappa shape index (κ1) is 25.8. The van der Waals surface area contributed by atoms with Crippen LogP contribution in [-0.4, -0.2) is 10.2 Å². The summed E-state index contributed by atoms with van der Waals surface area (Å²) < 4.78 is 0. The smallest absolute Gasteiger partial charge is 0.125 e. The first-order chi connectivity index (χ1) is 14.6. The normalized spacial score (nSPS) is 12.5. The van der Waals surface area contributed by atoms with E-state index < -0.39 is 0 Å². The summed E-state index contributed by atoms with van der Waals surface area (Å²) in [6, 6.07) is 4.30. The van der Waals surface area contributed by atoms with E-state index in [9.17, 15) is 10.2 Å². The summed E-state index contributed by atoms with van der Waals surface area (Å²) >= 11 is 0. The van der Waals surface area contributed by atoms with Gasteiger partial charge in [-0.3, -0.25) is 0 Å². The van der Waals surface area contributed by atoms with Gasteiger partial charge in [0, 0.05) is 17.0 Å². The fourth-order valence-corrected chi connectivity index (χ4v) is 5.17. The number of phenolic OH excluding ortho intramolecular Hbond substituents is 2. The molecular weight excluding hydrogens is 392 g/mol. The van der Waals surface area contributed by atoms with Gasteiger partial charge < -0.3 is 10.2 Å². The van der Waals surface area contributed by atoms with Gasteiger partial charge in [-0.2, -0.15) is 0 Å². The molecule has 0 aliphatic heterocycles. The Balaban J connectivity index is 3.14. The number of aromatic hydroxyl groups is 2. The standard InChI is InChI=1S/C30H42O2/c1-13-20-25(29(7,8)9)22(15-18(5)27(20)31)24(17(3)4)23-16-19(6)28(32)21(14-2)26(23)30(10,11)12/h13-17,24,31-32H,1-2H2,3-12H3. The van der Waals surface area contributed by atoms with Crippen molar-refractivity contribution in [1.29, 1.82) is 0 Å². The zero-order valence-corrected chi connectivity index (χ0v) is 21.8. The molecule has 0 amide bonds. The number of hydrogen-bond donors (Lipinski definition) is 2. The van der Waals surface area contributed by atoms with Crippen LogP contribution in [0.3, 0.4) is 0 Å². The van der Waals surface area contributed by atoms with Crippen LogP contribution in [0.2, 0.25) is 0 Å². The van der Waals surface area contributed by atoms with E-state index in [2.05, 4.69) is 80.7 Å². The molecule has 2 N–H and O–H groups in total. The molecule has 2 nitrogen and oxygen atoms in total. The Labute approximate surface area is 195 Å². The quantitative estimate of drug-likeness (QED) is 0.496. The predicted octanol–water partition coefficient (Wildman–Crippen LogP) is 8.38. The highest BCUT2D eigenvalue weighted by atomic mass is 16.3. The number of rotatable bonds is 5. The average molecular weight is 435 g/mol. The van der Waals surface area contributed by atoms with Crippen LogP contribution < -0.4 is 0 Å². The summed E-state index contributed by atoms with van der Waals surface area (Å²) in [5.41, 5.74) is 7.63. The summed E-state index contributed by atoms with van der Waals surface area (Å²) in [5, 5.41) is 21.8. The van der Waals surface area contributed by atoms with Crippen molar-refractivity contribution >= 4 is 12.2 Å². The van der Waals surface area contributed by atoms with Crippen molar-refractivity contribution in [3.8, 4) is 11.5 Å². The Bertz CT molecular complexity index is 959. The molecule has 2 heteroatoms. The maximum Gasteiger partial charge on any atom is 0.125 e. The highest BCUT2D eigenvalue weighted by molar-refractivity contribution is 5.70. The Morgan fingerprint density at radius 1 is 0.719 bits per heavy atom. The van der Waals surface area contributed by atoms with Gasteiger partial charge in [0.15, 0.2) is 0 Å². The van der Waals surface area contributed by atoms with Crippen LogP contribution in [0.1, 0.15) is 106 Å². The molecule has 0 fully saturated rings. The highest BCUT2D eigenvalue weighted by Gasteiger charge is 2.34. The molecule has 2 aromatic rings. The van der Waals surface area contributed by atoms with E-state index in [-0.39, 0.29) is 16.7 Å². The Hall–Kier alpha value is -2.48. The predicted molar refractivity (Wildman–Crippen MR) is 140 cm³/mol. The van der Waals surface area contributed by atoms with Crippen molar-refractivity contribution in [1.82, 2.24) is 0 Å². The molecule has 0 spiro atoms. The minimum atomic E-state index is -0.188. The van der Waals surface area contributed by atoms with E-state index in [1.807, 2.05) is 13.8 Å². The minimum absolute atomic E-state index is 0.0782. The number of aryl methyl sites for hydroxylation is 2. The molecular formula is C30H42O2. The second kappa shape index (κ2) is 8.81. The molecule has 0 aromatic heterocycles.